The molecular formula is C16H20FNO3. The van der Waals surface area contributed by atoms with Crippen LogP contribution < -0.4 is 5.32 Å². The molecule has 1 aliphatic carbocycles. The molecule has 1 aliphatic rings. The van der Waals surface area contributed by atoms with Crippen molar-refractivity contribution >= 4 is 11.9 Å². The third-order valence-corrected chi connectivity index (χ3v) is 4.18. The minimum atomic E-state index is -0.784. The topological polar surface area (TPSA) is 66.4 Å². The van der Waals surface area contributed by atoms with Crippen molar-refractivity contribution in [3.63, 3.8) is 0 Å². The minimum Gasteiger partial charge on any atom is -0.481 e. The Morgan fingerprint density at radius 2 is 1.76 bits per heavy atom. The Hall–Kier alpha value is -1.91. The average Bonchev–Trinajstić information content (AvgIpc) is 2.47. The molecule has 1 fully saturated rings. The molecule has 0 unspecified atom stereocenters. The fourth-order valence-electron chi connectivity index (χ4n) is 2.84. The summed E-state index contributed by atoms with van der Waals surface area (Å²) in [6.07, 6.45) is 2.21. The van der Waals surface area contributed by atoms with Crippen LogP contribution >= 0.6 is 0 Å². The smallest absolute Gasteiger partial charge is 0.306 e. The molecule has 1 saturated carbocycles. The summed E-state index contributed by atoms with van der Waals surface area (Å²) in [4.78, 5) is 23.1. The fraction of sp³-hybridized carbons (Fsp3) is 0.500. The number of hydrogen-bond donors (Lipinski definition) is 2. The number of nitrogens with one attached hydrogen (secondary N) is 1. The van der Waals surface area contributed by atoms with E-state index in [0.29, 0.717) is 31.2 Å². The van der Waals surface area contributed by atoms with Crippen LogP contribution in [0.4, 0.5) is 4.39 Å². The Kier molecular flexibility index (Phi) is 4.94. The lowest BCUT2D eigenvalue weighted by Gasteiger charge is -2.26. The van der Waals surface area contributed by atoms with Crippen LogP contribution in [0.3, 0.4) is 0 Å². The molecule has 114 valence electrons. The molecule has 2 rings (SSSR count). The summed E-state index contributed by atoms with van der Waals surface area (Å²) in [5, 5.41) is 11.8. The van der Waals surface area contributed by atoms with E-state index in [1.54, 1.807) is 25.1 Å². The molecule has 0 aliphatic heterocycles. The van der Waals surface area contributed by atoms with Crippen molar-refractivity contribution < 1.29 is 19.1 Å². The highest BCUT2D eigenvalue weighted by atomic mass is 19.1. The minimum absolute atomic E-state index is 0.116. The molecular weight excluding hydrogens is 273 g/mol. The van der Waals surface area contributed by atoms with Crippen molar-refractivity contribution in [2.45, 2.75) is 38.6 Å². The molecule has 4 nitrogen and oxygen atoms in total. The molecule has 2 N–H and O–H groups in total. The van der Waals surface area contributed by atoms with Crippen LogP contribution in [-0.2, 0) is 9.59 Å². The summed E-state index contributed by atoms with van der Waals surface area (Å²) in [5.74, 6) is -1.74. The molecule has 21 heavy (non-hydrogen) atoms. The summed E-state index contributed by atoms with van der Waals surface area (Å²) >= 11 is 0. The van der Waals surface area contributed by atoms with Gasteiger partial charge in [0.1, 0.15) is 5.82 Å². The van der Waals surface area contributed by atoms with E-state index in [1.807, 2.05) is 0 Å². The highest BCUT2D eigenvalue weighted by Gasteiger charge is 2.30. The molecule has 0 radical (unpaired) electrons. The Bertz CT molecular complexity index is 524. The lowest BCUT2D eigenvalue weighted by molar-refractivity contribution is -0.144. The first-order valence-electron chi connectivity index (χ1n) is 7.26. The summed E-state index contributed by atoms with van der Waals surface area (Å²) in [5.41, 5.74) is 0.463. The number of amides is 1. The molecule has 0 bridgehead atoms. The van der Waals surface area contributed by atoms with Crippen LogP contribution in [-0.4, -0.2) is 17.0 Å². The molecule has 0 spiro atoms. The number of carboxylic acids is 1. The van der Waals surface area contributed by atoms with Gasteiger partial charge in [0.15, 0.2) is 0 Å². The summed E-state index contributed by atoms with van der Waals surface area (Å²) < 4.78 is 13.7. The number of rotatable bonds is 4. The Balaban J connectivity index is 1.90. The SMILES string of the molecule is C[C@@H](NC(=O)C1CCC(C(=O)O)CC1)c1ccccc1F. The van der Waals surface area contributed by atoms with Crippen molar-refractivity contribution in [3.05, 3.63) is 35.6 Å². The first-order valence-corrected chi connectivity index (χ1v) is 7.26. The average molecular weight is 293 g/mol. The predicted octanol–water partition coefficient (Wildman–Crippen LogP) is 2.89. The van der Waals surface area contributed by atoms with E-state index < -0.39 is 12.0 Å². The van der Waals surface area contributed by atoms with Gasteiger partial charge in [0.05, 0.1) is 12.0 Å². The Morgan fingerprint density at radius 3 is 2.33 bits per heavy atom. The second-order valence-electron chi connectivity index (χ2n) is 5.64. The van der Waals surface area contributed by atoms with E-state index >= 15 is 0 Å². The van der Waals surface area contributed by atoms with Gasteiger partial charge in [0, 0.05) is 11.5 Å². The monoisotopic (exact) mass is 293 g/mol. The maximum atomic E-state index is 13.7. The maximum Gasteiger partial charge on any atom is 0.306 e. The van der Waals surface area contributed by atoms with Crippen molar-refractivity contribution in [1.29, 1.82) is 0 Å². The zero-order valence-electron chi connectivity index (χ0n) is 12.0. The van der Waals surface area contributed by atoms with E-state index in [4.69, 9.17) is 5.11 Å². The quantitative estimate of drug-likeness (QED) is 0.897. The second-order valence-corrected chi connectivity index (χ2v) is 5.64. The largest absolute Gasteiger partial charge is 0.481 e. The summed E-state index contributed by atoms with van der Waals surface area (Å²) in [6, 6.07) is 5.98. The molecule has 5 heteroatoms. The highest BCUT2D eigenvalue weighted by Crippen LogP contribution is 2.29. The van der Waals surface area contributed by atoms with E-state index in [0.717, 1.165) is 0 Å². The molecule has 0 saturated heterocycles. The number of carbonyl (C=O) groups excluding carboxylic acids is 1. The number of aliphatic carboxylic acids is 1. The second kappa shape index (κ2) is 6.70. The number of carboxylic acid groups (broad SMARTS) is 1. The first kappa shape index (κ1) is 15.5. The van der Waals surface area contributed by atoms with Gasteiger partial charge in [-0.05, 0) is 38.7 Å². The standard InChI is InChI=1S/C16H20FNO3/c1-10(13-4-2-3-5-14(13)17)18-15(19)11-6-8-12(9-7-11)16(20)21/h2-5,10-12H,6-9H2,1H3,(H,18,19)(H,20,21)/t10-,11?,12?/m1/s1. The third kappa shape index (κ3) is 3.80. The lowest BCUT2D eigenvalue weighted by atomic mass is 9.81. The predicted molar refractivity (Wildman–Crippen MR) is 76.0 cm³/mol. The van der Waals surface area contributed by atoms with Crippen LogP contribution in [0.1, 0.15) is 44.2 Å². The van der Waals surface area contributed by atoms with Crippen LogP contribution in [0, 0.1) is 17.7 Å². The van der Waals surface area contributed by atoms with Gasteiger partial charge in [-0.2, -0.15) is 0 Å². The van der Waals surface area contributed by atoms with E-state index in [2.05, 4.69) is 5.32 Å². The Morgan fingerprint density at radius 1 is 1.19 bits per heavy atom. The van der Waals surface area contributed by atoms with Crippen molar-refractivity contribution in [1.82, 2.24) is 5.32 Å². The van der Waals surface area contributed by atoms with Crippen LogP contribution in [0.25, 0.3) is 0 Å². The number of benzene rings is 1. The first-order chi connectivity index (χ1) is 9.99. The van der Waals surface area contributed by atoms with Crippen molar-refractivity contribution in [2.24, 2.45) is 11.8 Å². The van der Waals surface area contributed by atoms with Gasteiger partial charge in [-0.25, -0.2) is 4.39 Å². The number of carbonyl (C=O) groups is 2. The van der Waals surface area contributed by atoms with E-state index in [1.165, 1.54) is 6.07 Å². The molecule has 1 amide bonds. The molecule has 0 heterocycles. The number of halogens is 1. The maximum absolute atomic E-state index is 13.7. The van der Waals surface area contributed by atoms with Crippen LogP contribution in [0.15, 0.2) is 24.3 Å². The molecule has 0 aromatic heterocycles. The summed E-state index contributed by atoms with van der Waals surface area (Å²) in [6.45, 7) is 1.75. The normalized spacial score (nSPS) is 23.3. The molecule has 1 aromatic rings. The summed E-state index contributed by atoms with van der Waals surface area (Å²) in [7, 11) is 0. The van der Waals surface area contributed by atoms with Crippen LogP contribution in [0.5, 0.6) is 0 Å². The molecule has 1 atom stereocenters. The fourth-order valence-corrected chi connectivity index (χ4v) is 2.84. The number of hydrogen-bond acceptors (Lipinski definition) is 2. The van der Waals surface area contributed by atoms with E-state index in [9.17, 15) is 14.0 Å². The van der Waals surface area contributed by atoms with Gasteiger partial charge in [0.2, 0.25) is 5.91 Å². The third-order valence-electron chi connectivity index (χ3n) is 4.18. The van der Waals surface area contributed by atoms with Crippen LogP contribution in [0.2, 0.25) is 0 Å². The van der Waals surface area contributed by atoms with Crippen molar-refractivity contribution in [2.75, 3.05) is 0 Å². The zero-order chi connectivity index (χ0) is 15.4. The van der Waals surface area contributed by atoms with Crippen molar-refractivity contribution in [3.8, 4) is 0 Å². The Labute approximate surface area is 123 Å². The highest BCUT2D eigenvalue weighted by molar-refractivity contribution is 5.79. The van der Waals surface area contributed by atoms with Gasteiger partial charge in [0.25, 0.3) is 0 Å². The lowest BCUT2D eigenvalue weighted by Crippen LogP contribution is -2.36. The van der Waals surface area contributed by atoms with Gasteiger partial charge < -0.3 is 10.4 Å². The van der Waals surface area contributed by atoms with Gasteiger partial charge >= 0.3 is 5.97 Å². The van der Waals surface area contributed by atoms with E-state index in [-0.39, 0.29) is 23.6 Å². The van der Waals surface area contributed by atoms with Gasteiger partial charge in [-0.3, -0.25) is 9.59 Å². The van der Waals surface area contributed by atoms with Gasteiger partial charge in [-0.15, -0.1) is 0 Å². The van der Waals surface area contributed by atoms with Gasteiger partial charge in [-0.1, -0.05) is 18.2 Å². The molecule has 1 aromatic carbocycles. The zero-order valence-corrected chi connectivity index (χ0v) is 12.0.